The van der Waals surface area contributed by atoms with Gasteiger partial charge in [0, 0.05) is 5.92 Å². The molecule has 2 atom stereocenters. The van der Waals surface area contributed by atoms with Gasteiger partial charge in [-0.25, -0.2) is 0 Å². The Hall–Kier alpha value is -1.34. The fourth-order valence-electron chi connectivity index (χ4n) is 2.05. The summed E-state index contributed by atoms with van der Waals surface area (Å²) in [5.41, 5.74) is 2.17. The average molecular weight is 214 g/mol. The van der Waals surface area contributed by atoms with Gasteiger partial charge in [-0.05, 0) is 17.5 Å². The van der Waals surface area contributed by atoms with E-state index in [1.54, 1.807) is 0 Å². The molecule has 2 rings (SSSR count). The highest BCUT2D eigenvalue weighted by Crippen LogP contribution is 2.32. The van der Waals surface area contributed by atoms with E-state index in [4.69, 9.17) is 0 Å². The standard InChI is InChI=1S/C15H18O/c1-2-3-4-8-13-11-10-12-7-5-6-9-14(12)15(13)16/h4-11,13,15-16H,2-3H2,1H3/b8-4+/t13-,15-/m0/s1. The quantitative estimate of drug-likeness (QED) is 0.760. The summed E-state index contributed by atoms with van der Waals surface area (Å²) in [5, 5.41) is 10.2. The molecule has 1 aliphatic rings. The third kappa shape index (κ3) is 2.25. The summed E-state index contributed by atoms with van der Waals surface area (Å²) in [7, 11) is 0. The van der Waals surface area contributed by atoms with Gasteiger partial charge in [-0.15, -0.1) is 0 Å². The van der Waals surface area contributed by atoms with E-state index >= 15 is 0 Å². The molecule has 0 heterocycles. The zero-order chi connectivity index (χ0) is 11.4. The molecule has 16 heavy (non-hydrogen) atoms. The third-order valence-corrected chi connectivity index (χ3v) is 2.99. The Labute approximate surface area is 97.1 Å². The van der Waals surface area contributed by atoms with Crippen molar-refractivity contribution in [2.75, 3.05) is 0 Å². The lowest BCUT2D eigenvalue weighted by Crippen LogP contribution is -2.12. The average Bonchev–Trinajstić information content (AvgIpc) is 2.33. The van der Waals surface area contributed by atoms with Gasteiger partial charge in [0.05, 0.1) is 6.10 Å². The molecule has 0 bridgehead atoms. The number of hydrogen-bond acceptors (Lipinski definition) is 1. The van der Waals surface area contributed by atoms with Crippen molar-refractivity contribution in [3.05, 3.63) is 53.6 Å². The molecule has 1 aromatic rings. The van der Waals surface area contributed by atoms with Gasteiger partial charge in [0.15, 0.2) is 0 Å². The number of fused-ring (bicyclic) bond motifs is 1. The van der Waals surface area contributed by atoms with Gasteiger partial charge in [-0.3, -0.25) is 0 Å². The number of unbranched alkanes of at least 4 members (excludes halogenated alkanes) is 1. The van der Waals surface area contributed by atoms with Crippen LogP contribution in [0.2, 0.25) is 0 Å². The molecule has 1 aromatic carbocycles. The zero-order valence-corrected chi connectivity index (χ0v) is 9.63. The Balaban J connectivity index is 2.18. The minimum absolute atomic E-state index is 0.126. The highest BCUT2D eigenvalue weighted by molar-refractivity contribution is 5.58. The van der Waals surface area contributed by atoms with Crippen LogP contribution < -0.4 is 0 Å². The fourth-order valence-corrected chi connectivity index (χ4v) is 2.05. The summed E-state index contributed by atoms with van der Waals surface area (Å²) in [6.07, 6.45) is 10.3. The highest BCUT2D eigenvalue weighted by atomic mass is 16.3. The van der Waals surface area contributed by atoms with E-state index in [1.165, 1.54) is 0 Å². The maximum atomic E-state index is 10.2. The Morgan fingerprint density at radius 2 is 2.12 bits per heavy atom. The molecule has 0 spiro atoms. The second kappa shape index (κ2) is 5.13. The summed E-state index contributed by atoms with van der Waals surface area (Å²) in [6, 6.07) is 8.03. The van der Waals surface area contributed by atoms with E-state index in [2.05, 4.69) is 31.2 Å². The maximum absolute atomic E-state index is 10.2. The van der Waals surface area contributed by atoms with Crippen molar-refractivity contribution in [1.82, 2.24) is 0 Å². The van der Waals surface area contributed by atoms with Crippen LogP contribution in [0.3, 0.4) is 0 Å². The van der Waals surface area contributed by atoms with E-state index in [0.717, 1.165) is 24.0 Å². The van der Waals surface area contributed by atoms with E-state index < -0.39 is 6.10 Å². The largest absolute Gasteiger partial charge is 0.387 e. The first-order valence-corrected chi connectivity index (χ1v) is 5.94. The predicted octanol–water partition coefficient (Wildman–Crippen LogP) is 3.72. The van der Waals surface area contributed by atoms with Gasteiger partial charge in [0.25, 0.3) is 0 Å². The Morgan fingerprint density at radius 3 is 2.94 bits per heavy atom. The minimum atomic E-state index is -0.394. The molecule has 0 amide bonds. The van der Waals surface area contributed by atoms with Gasteiger partial charge < -0.3 is 5.11 Å². The smallest absolute Gasteiger partial charge is 0.0893 e. The van der Waals surface area contributed by atoms with Gasteiger partial charge in [-0.1, -0.05) is 61.9 Å². The molecule has 1 heteroatoms. The first kappa shape index (κ1) is 11.2. The second-order valence-corrected chi connectivity index (χ2v) is 4.23. The Bertz CT molecular complexity index is 404. The van der Waals surface area contributed by atoms with Gasteiger partial charge in [-0.2, -0.15) is 0 Å². The monoisotopic (exact) mass is 214 g/mol. The first-order valence-electron chi connectivity index (χ1n) is 5.94. The van der Waals surface area contributed by atoms with Crippen molar-refractivity contribution < 1.29 is 5.11 Å². The SMILES string of the molecule is CCC/C=C/[C@H]1C=Cc2ccccc2[C@H]1O. The predicted molar refractivity (Wildman–Crippen MR) is 68.0 cm³/mol. The summed E-state index contributed by atoms with van der Waals surface area (Å²) < 4.78 is 0. The molecule has 0 saturated heterocycles. The van der Waals surface area contributed by atoms with Crippen LogP contribution in [-0.4, -0.2) is 5.11 Å². The van der Waals surface area contributed by atoms with Crippen LogP contribution in [0.4, 0.5) is 0 Å². The van der Waals surface area contributed by atoms with Crippen molar-refractivity contribution in [2.45, 2.75) is 25.9 Å². The number of benzene rings is 1. The molecule has 84 valence electrons. The molecule has 1 nitrogen and oxygen atoms in total. The van der Waals surface area contributed by atoms with Crippen LogP contribution in [0.1, 0.15) is 37.0 Å². The van der Waals surface area contributed by atoms with E-state index in [-0.39, 0.29) is 5.92 Å². The number of hydrogen-bond donors (Lipinski definition) is 1. The highest BCUT2D eigenvalue weighted by Gasteiger charge is 2.21. The van der Waals surface area contributed by atoms with Crippen LogP contribution in [-0.2, 0) is 0 Å². The molecule has 0 unspecified atom stereocenters. The molecular weight excluding hydrogens is 196 g/mol. The van der Waals surface area contributed by atoms with Gasteiger partial charge >= 0.3 is 0 Å². The maximum Gasteiger partial charge on any atom is 0.0893 e. The van der Waals surface area contributed by atoms with Crippen LogP contribution in [0.25, 0.3) is 6.08 Å². The summed E-state index contributed by atoms with van der Waals surface area (Å²) >= 11 is 0. The lowest BCUT2D eigenvalue weighted by Gasteiger charge is -2.23. The lowest BCUT2D eigenvalue weighted by atomic mass is 9.86. The molecule has 1 N–H and O–H groups in total. The summed E-state index contributed by atoms with van der Waals surface area (Å²) in [4.78, 5) is 0. The number of aliphatic hydroxyl groups excluding tert-OH is 1. The first-order chi connectivity index (χ1) is 7.83. The van der Waals surface area contributed by atoms with E-state index in [9.17, 15) is 5.11 Å². The lowest BCUT2D eigenvalue weighted by molar-refractivity contribution is 0.149. The van der Waals surface area contributed by atoms with Crippen LogP contribution in [0.15, 0.2) is 42.5 Å². The normalized spacial score (nSPS) is 23.6. The van der Waals surface area contributed by atoms with E-state index in [0.29, 0.717) is 0 Å². The van der Waals surface area contributed by atoms with Crippen molar-refractivity contribution in [3.63, 3.8) is 0 Å². The molecule has 0 aromatic heterocycles. The van der Waals surface area contributed by atoms with Crippen LogP contribution in [0, 0.1) is 5.92 Å². The van der Waals surface area contributed by atoms with Crippen molar-refractivity contribution >= 4 is 6.08 Å². The molecule has 0 radical (unpaired) electrons. The Morgan fingerprint density at radius 1 is 1.31 bits per heavy atom. The van der Waals surface area contributed by atoms with E-state index in [1.807, 2.05) is 24.3 Å². The van der Waals surface area contributed by atoms with Crippen LogP contribution >= 0.6 is 0 Å². The topological polar surface area (TPSA) is 20.2 Å². The minimum Gasteiger partial charge on any atom is -0.387 e. The molecule has 0 fully saturated rings. The molecular formula is C15H18O. The zero-order valence-electron chi connectivity index (χ0n) is 9.63. The van der Waals surface area contributed by atoms with Crippen molar-refractivity contribution in [1.29, 1.82) is 0 Å². The number of aliphatic hydroxyl groups is 1. The number of allylic oxidation sites excluding steroid dienone is 1. The molecule has 0 saturated carbocycles. The summed E-state index contributed by atoms with van der Waals surface area (Å²) in [5.74, 6) is 0.126. The van der Waals surface area contributed by atoms with Crippen molar-refractivity contribution in [2.24, 2.45) is 5.92 Å². The third-order valence-electron chi connectivity index (χ3n) is 2.99. The molecule has 1 aliphatic carbocycles. The second-order valence-electron chi connectivity index (χ2n) is 4.23. The van der Waals surface area contributed by atoms with Gasteiger partial charge in [0.1, 0.15) is 0 Å². The number of rotatable bonds is 3. The molecule has 0 aliphatic heterocycles. The van der Waals surface area contributed by atoms with Gasteiger partial charge in [0.2, 0.25) is 0 Å². The fraction of sp³-hybridized carbons (Fsp3) is 0.333. The van der Waals surface area contributed by atoms with Crippen molar-refractivity contribution in [3.8, 4) is 0 Å². The van der Waals surface area contributed by atoms with Crippen LogP contribution in [0.5, 0.6) is 0 Å². The Kier molecular flexibility index (Phi) is 3.58. The summed E-state index contributed by atoms with van der Waals surface area (Å²) in [6.45, 7) is 2.16.